The number of nitrogens with one attached hydrogen (secondary N) is 1. The van der Waals surface area contributed by atoms with Crippen LogP contribution in [-0.2, 0) is 0 Å². The molecule has 0 radical (unpaired) electrons. The lowest BCUT2D eigenvalue weighted by Gasteiger charge is -2.13. The molecule has 0 amide bonds. The summed E-state index contributed by atoms with van der Waals surface area (Å²) in [6, 6.07) is 0.323. The molecule has 0 aliphatic carbocycles. The molecule has 1 aromatic heterocycles. The van der Waals surface area contributed by atoms with Crippen molar-refractivity contribution in [2.75, 3.05) is 5.43 Å². The molecule has 4 heteroatoms. The van der Waals surface area contributed by atoms with Gasteiger partial charge < -0.3 is 5.43 Å². The molecule has 0 fully saturated rings. The van der Waals surface area contributed by atoms with E-state index in [0.29, 0.717) is 6.04 Å². The van der Waals surface area contributed by atoms with Crippen molar-refractivity contribution in [2.24, 2.45) is 0 Å². The fourth-order valence-corrected chi connectivity index (χ4v) is 0.838. The van der Waals surface area contributed by atoms with E-state index < -0.39 is 0 Å². The van der Waals surface area contributed by atoms with Crippen molar-refractivity contribution in [3.63, 3.8) is 0 Å². The van der Waals surface area contributed by atoms with Crippen LogP contribution in [-0.4, -0.2) is 15.7 Å². The molecule has 0 saturated carbocycles. The Balaban J connectivity index is 0.00000121. The molecule has 68 valence electrons. The summed E-state index contributed by atoms with van der Waals surface area (Å²) in [5.41, 5.74) is 3.19. The van der Waals surface area contributed by atoms with Gasteiger partial charge in [-0.2, -0.15) is 0 Å². The van der Waals surface area contributed by atoms with Crippen molar-refractivity contribution in [3.05, 3.63) is 31.4 Å². The minimum Gasteiger partial charge on any atom is -0.318 e. The topological polar surface area (TPSA) is 29.9 Å². The SMILES string of the molecule is C=CC(CC)Nn1ccnc1.Cl. The molecule has 1 rings (SSSR count). The summed E-state index contributed by atoms with van der Waals surface area (Å²) in [6.07, 6.45) is 8.25. The minimum atomic E-state index is 0. The van der Waals surface area contributed by atoms with Crippen molar-refractivity contribution in [3.8, 4) is 0 Å². The average Bonchev–Trinajstić information content (AvgIpc) is 2.52. The van der Waals surface area contributed by atoms with Gasteiger partial charge in [0.05, 0.1) is 6.04 Å². The van der Waals surface area contributed by atoms with Gasteiger partial charge in [-0.15, -0.1) is 19.0 Å². The van der Waals surface area contributed by atoms with Crippen molar-refractivity contribution < 1.29 is 0 Å². The first kappa shape index (κ1) is 11.0. The second kappa shape index (κ2) is 5.66. The fourth-order valence-electron chi connectivity index (χ4n) is 0.838. The predicted octanol–water partition coefficient (Wildman–Crippen LogP) is 1.81. The normalized spacial score (nSPS) is 11.4. The quantitative estimate of drug-likeness (QED) is 0.729. The molecule has 0 aliphatic rings. The summed E-state index contributed by atoms with van der Waals surface area (Å²) in [6.45, 7) is 5.82. The Morgan fingerprint density at radius 2 is 2.50 bits per heavy atom. The monoisotopic (exact) mass is 187 g/mol. The van der Waals surface area contributed by atoms with Gasteiger partial charge >= 0.3 is 0 Å². The molecule has 1 aromatic rings. The Bertz CT molecular complexity index is 208. The standard InChI is InChI=1S/C8H13N3.ClH/c1-3-8(4-2)10-11-6-5-9-7-11;/h3,5-8,10H,1,4H2,2H3;1H. The highest BCUT2D eigenvalue weighted by atomic mass is 35.5. The van der Waals surface area contributed by atoms with E-state index in [1.165, 1.54) is 0 Å². The molecule has 1 unspecified atom stereocenters. The summed E-state index contributed by atoms with van der Waals surface area (Å²) in [5, 5.41) is 0. The van der Waals surface area contributed by atoms with Gasteiger partial charge in [-0.25, -0.2) is 4.98 Å². The Morgan fingerprint density at radius 1 is 1.75 bits per heavy atom. The molecule has 1 atom stereocenters. The Morgan fingerprint density at radius 3 is 2.92 bits per heavy atom. The zero-order valence-corrected chi connectivity index (χ0v) is 7.92. The number of nitrogens with zero attached hydrogens (tertiary/aromatic N) is 2. The molecule has 0 aromatic carbocycles. The highest BCUT2D eigenvalue weighted by Gasteiger charge is 1.97. The summed E-state index contributed by atoms with van der Waals surface area (Å²) < 4.78 is 1.83. The number of rotatable bonds is 4. The molecule has 3 nitrogen and oxygen atoms in total. The van der Waals surface area contributed by atoms with E-state index in [4.69, 9.17) is 0 Å². The number of halogens is 1. The van der Waals surface area contributed by atoms with Gasteiger partial charge in [-0.3, -0.25) is 4.68 Å². The highest BCUT2D eigenvalue weighted by Crippen LogP contribution is 1.93. The first-order valence-corrected chi connectivity index (χ1v) is 3.74. The lowest BCUT2D eigenvalue weighted by molar-refractivity contribution is 0.713. The number of hydrogen-bond donors (Lipinski definition) is 1. The number of hydrogen-bond acceptors (Lipinski definition) is 2. The molecular formula is C8H14ClN3. The molecule has 0 aliphatic heterocycles. The van der Waals surface area contributed by atoms with Gasteiger partial charge in [0, 0.05) is 12.4 Å². The van der Waals surface area contributed by atoms with E-state index in [1.54, 1.807) is 12.5 Å². The molecule has 0 saturated heterocycles. The predicted molar refractivity (Wildman–Crippen MR) is 53.1 cm³/mol. The molecule has 1 N–H and O–H groups in total. The zero-order chi connectivity index (χ0) is 8.10. The first-order chi connectivity index (χ1) is 5.36. The van der Waals surface area contributed by atoms with Gasteiger partial charge in [0.2, 0.25) is 0 Å². The van der Waals surface area contributed by atoms with E-state index in [1.807, 2.05) is 16.9 Å². The van der Waals surface area contributed by atoms with Crippen molar-refractivity contribution in [1.82, 2.24) is 9.66 Å². The molecule has 1 heterocycles. The lowest BCUT2D eigenvalue weighted by Crippen LogP contribution is -2.23. The summed E-state index contributed by atoms with van der Waals surface area (Å²) in [4.78, 5) is 3.91. The maximum absolute atomic E-state index is 3.91. The van der Waals surface area contributed by atoms with Gasteiger partial charge in [0.1, 0.15) is 6.33 Å². The van der Waals surface area contributed by atoms with E-state index in [2.05, 4.69) is 23.9 Å². The Kier molecular flexibility index (Phi) is 5.21. The summed E-state index contributed by atoms with van der Waals surface area (Å²) in [7, 11) is 0. The van der Waals surface area contributed by atoms with E-state index >= 15 is 0 Å². The second-order valence-corrected chi connectivity index (χ2v) is 2.35. The smallest absolute Gasteiger partial charge is 0.114 e. The van der Waals surface area contributed by atoms with Crippen LogP contribution in [0.5, 0.6) is 0 Å². The number of aromatic nitrogens is 2. The van der Waals surface area contributed by atoms with Crippen LogP contribution in [0.4, 0.5) is 0 Å². The van der Waals surface area contributed by atoms with Crippen LogP contribution in [0.1, 0.15) is 13.3 Å². The third kappa shape index (κ3) is 2.96. The van der Waals surface area contributed by atoms with Crippen LogP contribution in [0.3, 0.4) is 0 Å². The van der Waals surface area contributed by atoms with E-state index in [9.17, 15) is 0 Å². The van der Waals surface area contributed by atoms with Crippen LogP contribution < -0.4 is 5.43 Å². The third-order valence-corrected chi connectivity index (χ3v) is 1.54. The van der Waals surface area contributed by atoms with Crippen LogP contribution in [0.15, 0.2) is 31.4 Å². The largest absolute Gasteiger partial charge is 0.318 e. The van der Waals surface area contributed by atoms with Crippen molar-refractivity contribution in [1.29, 1.82) is 0 Å². The van der Waals surface area contributed by atoms with Crippen LogP contribution in [0, 0.1) is 0 Å². The van der Waals surface area contributed by atoms with Gasteiger partial charge in [-0.05, 0) is 6.42 Å². The Hall–Kier alpha value is -0.960. The maximum atomic E-state index is 3.91. The van der Waals surface area contributed by atoms with Crippen LogP contribution in [0.25, 0.3) is 0 Å². The Labute approximate surface area is 78.9 Å². The van der Waals surface area contributed by atoms with Crippen molar-refractivity contribution in [2.45, 2.75) is 19.4 Å². The van der Waals surface area contributed by atoms with Gasteiger partial charge in [-0.1, -0.05) is 13.0 Å². The second-order valence-electron chi connectivity index (χ2n) is 2.35. The zero-order valence-electron chi connectivity index (χ0n) is 7.10. The minimum absolute atomic E-state index is 0. The summed E-state index contributed by atoms with van der Waals surface area (Å²) in [5.74, 6) is 0. The molecular weight excluding hydrogens is 174 g/mol. The molecule has 12 heavy (non-hydrogen) atoms. The van der Waals surface area contributed by atoms with Crippen LogP contribution in [0.2, 0.25) is 0 Å². The van der Waals surface area contributed by atoms with E-state index in [0.717, 1.165) is 6.42 Å². The average molecular weight is 188 g/mol. The summed E-state index contributed by atoms with van der Waals surface area (Å²) >= 11 is 0. The van der Waals surface area contributed by atoms with Crippen molar-refractivity contribution >= 4 is 12.4 Å². The van der Waals surface area contributed by atoms with Gasteiger partial charge in [0.15, 0.2) is 0 Å². The highest BCUT2D eigenvalue weighted by molar-refractivity contribution is 5.85. The molecule has 0 bridgehead atoms. The fraction of sp³-hybridized carbons (Fsp3) is 0.375. The first-order valence-electron chi connectivity index (χ1n) is 3.74. The van der Waals surface area contributed by atoms with E-state index in [-0.39, 0.29) is 12.4 Å². The lowest BCUT2D eigenvalue weighted by atomic mass is 10.2. The molecule has 0 spiro atoms. The number of imidazole rings is 1. The third-order valence-electron chi connectivity index (χ3n) is 1.54. The maximum Gasteiger partial charge on any atom is 0.114 e. The van der Waals surface area contributed by atoms with Gasteiger partial charge in [0.25, 0.3) is 0 Å². The van der Waals surface area contributed by atoms with Crippen LogP contribution >= 0.6 is 12.4 Å².